The predicted molar refractivity (Wildman–Crippen MR) is 142 cm³/mol. The van der Waals surface area contributed by atoms with Gasteiger partial charge in [0.05, 0.1) is 17.8 Å². The number of nitrogens with zero attached hydrogens (tertiary/aromatic N) is 3. The maximum atomic E-state index is 13.6. The van der Waals surface area contributed by atoms with Crippen LogP contribution in [0.25, 0.3) is 10.9 Å². The van der Waals surface area contributed by atoms with Gasteiger partial charge in [0.2, 0.25) is 0 Å². The first-order valence-corrected chi connectivity index (χ1v) is 12.9. The van der Waals surface area contributed by atoms with Crippen LogP contribution in [0, 0.1) is 0 Å². The van der Waals surface area contributed by atoms with Gasteiger partial charge in [0.15, 0.2) is 0 Å². The molecule has 3 heterocycles. The number of hydrogen-bond acceptors (Lipinski definition) is 2. The average molecular weight is 478 g/mol. The Hall–Kier alpha value is -3.86. The minimum Gasteiger partial charge on any atom is -0.345 e. The molecule has 0 saturated heterocycles. The van der Waals surface area contributed by atoms with E-state index in [0.717, 1.165) is 57.3 Å². The molecule has 0 fully saturated rings. The second kappa shape index (κ2) is 8.66. The Balaban J connectivity index is 1.68. The molecule has 36 heavy (non-hydrogen) atoms. The minimum atomic E-state index is -0.201. The quantitative estimate of drug-likeness (QED) is 0.337. The highest BCUT2D eigenvalue weighted by Gasteiger charge is 2.45. The first-order chi connectivity index (χ1) is 17.6. The van der Waals surface area contributed by atoms with E-state index in [2.05, 4.69) is 61.9 Å². The van der Waals surface area contributed by atoms with Crippen molar-refractivity contribution >= 4 is 22.7 Å². The summed E-state index contributed by atoms with van der Waals surface area (Å²) in [7, 11) is 2.10. The molecule has 0 spiro atoms. The van der Waals surface area contributed by atoms with Crippen LogP contribution in [-0.4, -0.2) is 39.3 Å². The number of hydrogen-bond donors (Lipinski definition) is 0. The number of carbonyl (C=O) groups excluding carboxylic acids is 2. The first-order valence-electron chi connectivity index (χ1n) is 12.9. The second-order valence-corrected chi connectivity index (χ2v) is 9.85. The lowest BCUT2D eigenvalue weighted by atomic mass is 9.91. The fourth-order valence-electron chi connectivity index (χ4n) is 6.35. The zero-order valence-electron chi connectivity index (χ0n) is 21.1. The molecule has 2 amide bonds. The summed E-state index contributed by atoms with van der Waals surface area (Å²) in [5, 5.41) is 1.14. The smallest absolute Gasteiger partial charge is 0.255 e. The third-order valence-corrected chi connectivity index (χ3v) is 7.77. The normalized spacial score (nSPS) is 18.9. The van der Waals surface area contributed by atoms with Gasteiger partial charge in [0.1, 0.15) is 0 Å². The summed E-state index contributed by atoms with van der Waals surface area (Å²) in [6.45, 7) is 5.59. The maximum Gasteiger partial charge on any atom is 0.255 e. The molecule has 0 aliphatic carbocycles. The molecule has 3 aromatic carbocycles. The molecule has 0 bridgehead atoms. The van der Waals surface area contributed by atoms with E-state index in [9.17, 15) is 9.59 Å². The summed E-state index contributed by atoms with van der Waals surface area (Å²) in [5.41, 5.74) is 7.00. The molecule has 1 aromatic heterocycles. The summed E-state index contributed by atoms with van der Waals surface area (Å²) < 4.78 is 2.25. The fourth-order valence-corrected chi connectivity index (χ4v) is 6.35. The van der Waals surface area contributed by atoms with Crippen LogP contribution in [0.15, 0.2) is 72.8 Å². The van der Waals surface area contributed by atoms with Crippen molar-refractivity contribution in [3.8, 4) is 0 Å². The molecule has 5 heteroatoms. The molecule has 0 radical (unpaired) electrons. The fraction of sp³-hybridized carbons (Fsp3) is 0.290. The van der Waals surface area contributed by atoms with Gasteiger partial charge in [-0.2, -0.15) is 0 Å². The molecular formula is C31H31N3O2. The van der Waals surface area contributed by atoms with Gasteiger partial charge in [-0.1, -0.05) is 68.4 Å². The van der Waals surface area contributed by atoms with Crippen LogP contribution >= 0.6 is 0 Å². The Morgan fingerprint density at radius 1 is 0.667 bits per heavy atom. The van der Waals surface area contributed by atoms with E-state index >= 15 is 0 Å². The SMILES string of the molecule is CCCN1C(=O)c2ccccc2[C@@H]1c1c([C@@H]2c3ccccc3C(=O)N2CCC)n(C)c2ccccc12. The topological polar surface area (TPSA) is 45.6 Å². The van der Waals surface area contributed by atoms with Crippen molar-refractivity contribution in [1.29, 1.82) is 0 Å². The van der Waals surface area contributed by atoms with Crippen LogP contribution < -0.4 is 0 Å². The number of benzene rings is 3. The van der Waals surface area contributed by atoms with E-state index in [-0.39, 0.29) is 23.9 Å². The summed E-state index contributed by atoms with van der Waals surface area (Å²) in [6, 6.07) is 24.1. The Bertz CT molecular complexity index is 1500. The van der Waals surface area contributed by atoms with Gasteiger partial charge < -0.3 is 14.4 Å². The van der Waals surface area contributed by atoms with Crippen molar-refractivity contribution < 1.29 is 9.59 Å². The highest BCUT2D eigenvalue weighted by Crippen LogP contribution is 2.49. The predicted octanol–water partition coefficient (Wildman–Crippen LogP) is 6.09. The molecule has 2 atom stereocenters. The van der Waals surface area contributed by atoms with Crippen molar-refractivity contribution in [2.24, 2.45) is 7.05 Å². The lowest BCUT2D eigenvalue weighted by molar-refractivity contribution is 0.0726. The monoisotopic (exact) mass is 477 g/mol. The Morgan fingerprint density at radius 3 is 1.78 bits per heavy atom. The maximum absolute atomic E-state index is 13.6. The van der Waals surface area contributed by atoms with Crippen LogP contribution in [0.5, 0.6) is 0 Å². The molecule has 182 valence electrons. The largest absolute Gasteiger partial charge is 0.345 e. The van der Waals surface area contributed by atoms with Gasteiger partial charge in [-0.05, 0) is 42.2 Å². The molecule has 2 aliphatic rings. The molecule has 0 N–H and O–H groups in total. The van der Waals surface area contributed by atoms with Gasteiger partial charge in [0, 0.05) is 47.7 Å². The first kappa shape index (κ1) is 22.6. The van der Waals surface area contributed by atoms with E-state index in [1.807, 2.05) is 46.2 Å². The van der Waals surface area contributed by atoms with E-state index < -0.39 is 0 Å². The summed E-state index contributed by atoms with van der Waals surface area (Å²) in [4.78, 5) is 31.3. The number of para-hydroxylation sites is 1. The highest BCUT2D eigenvalue weighted by atomic mass is 16.2. The number of carbonyl (C=O) groups is 2. The minimum absolute atomic E-state index is 0.0852. The molecule has 2 aliphatic heterocycles. The number of fused-ring (bicyclic) bond motifs is 3. The molecule has 0 unspecified atom stereocenters. The van der Waals surface area contributed by atoms with Crippen molar-refractivity contribution in [2.45, 2.75) is 38.8 Å². The second-order valence-electron chi connectivity index (χ2n) is 9.85. The van der Waals surface area contributed by atoms with Gasteiger partial charge in [0.25, 0.3) is 11.8 Å². The lowest BCUT2D eigenvalue weighted by Crippen LogP contribution is -2.33. The van der Waals surface area contributed by atoms with Crippen LogP contribution in [0.2, 0.25) is 0 Å². The summed E-state index contributed by atoms with van der Waals surface area (Å²) in [6.07, 6.45) is 1.76. The summed E-state index contributed by atoms with van der Waals surface area (Å²) >= 11 is 0. The zero-order valence-corrected chi connectivity index (χ0v) is 21.1. The van der Waals surface area contributed by atoms with Gasteiger partial charge in [-0.25, -0.2) is 0 Å². The number of aryl methyl sites for hydroxylation is 1. The van der Waals surface area contributed by atoms with E-state index in [0.29, 0.717) is 13.1 Å². The van der Waals surface area contributed by atoms with Crippen molar-refractivity contribution in [3.05, 3.63) is 106 Å². The van der Waals surface area contributed by atoms with E-state index in [1.165, 1.54) is 0 Å². The Kier molecular flexibility index (Phi) is 5.44. The molecule has 4 aromatic rings. The van der Waals surface area contributed by atoms with Gasteiger partial charge >= 0.3 is 0 Å². The summed E-state index contributed by atoms with van der Waals surface area (Å²) in [5.74, 6) is 0.173. The molecule has 6 rings (SSSR count). The molecule has 0 saturated carbocycles. The standard InChI is InChI=1S/C31H31N3O2/c1-4-18-33-27(20-12-6-8-14-22(20)30(33)35)26-24-16-10-11-17-25(24)32(3)29(26)28-21-13-7-9-15-23(21)31(36)34(28)19-5-2/h6-17,27-28H,4-5,18-19H2,1-3H3/t27-,28+/m1/s1. The van der Waals surface area contributed by atoms with Crippen molar-refractivity contribution in [1.82, 2.24) is 14.4 Å². The highest BCUT2D eigenvalue weighted by molar-refractivity contribution is 6.02. The van der Waals surface area contributed by atoms with Crippen LogP contribution in [0.1, 0.15) is 81.9 Å². The van der Waals surface area contributed by atoms with Crippen molar-refractivity contribution in [2.75, 3.05) is 13.1 Å². The average Bonchev–Trinajstić information content (AvgIpc) is 3.45. The molecule has 5 nitrogen and oxygen atoms in total. The van der Waals surface area contributed by atoms with E-state index in [1.54, 1.807) is 0 Å². The Labute approximate surface area is 211 Å². The van der Waals surface area contributed by atoms with Gasteiger partial charge in [-0.15, -0.1) is 0 Å². The Morgan fingerprint density at radius 2 is 1.17 bits per heavy atom. The van der Waals surface area contributed by atoms with E-state index in [4.69, 9.17) is 0 Å². The van der Waals surface area contributed by atoms with Crippen LogP contribution in [0.3, 0.4) is 0 Å². The number of amides is 2. The van der Waals surface area contributed by atoms with Crippen LogP contribution in [-0.2, 0) is 7.05 Å². The van der Waals surface area contributed by atoms with Gasteiger partial charge in [-0.3, -0.25) is 9.59 Å². The number of rotatable bonds is 6. The molecular weight excluding hydrogens is 446 g/mol. The third-order valence-electron chi connectivity index (χ3n) is 7.77. The lowest BCUT2D eigenvalue weighted by Gasteiger charge is -2.31. The third kappa shape index (κ3) is 3.08. The zero-order chi connectivity index (χ0) is 25.0. The number of aromatic nitrogens is 1. The van der Waals surface area contributed by atoms with Crippen molar-refractivity contribution in [3.63, 3.8) is 0 Å². The van der Waals surface area contributed by atoms with Crippen LogP contribution in [0.4, 0.5) is 0 Å².